The van der Waals surface area contributed by atoms with Gasteiger partial charge in [0.25, 0.3) is 0 Å². The molecular formula is C12H13NOS2. The number of rotatable bonds is 4. The molecule has 0 radical (unpaired) electrons. The van der Waals surface area contributed by atoms with Gasteiger partial charge < -0.3 is 4.74 Å². The van der Waals surface area contributed by atoms with E-state index in [1.807, 2.05) is 18.2 Å². The number of benzene rings is 1. The van der Waals surface area contributed by atoms with Crippen LogP contribution < -0.4 is 0 Å². The van der Waals surface area contributed by atoms with Gasteiger partial charge >= 0.3 is 0 Å². The minimum absolute atomic E-state index is 0.522. The number of nitrogens with zero attached hydrogens (tertiary/aromatic N) is 1. The van der Waals surface area contributed by atoms with Crippen LogP contribution in [0.5, 0.6) is 0 Å². The Morgan fingerprint density at radius 1 is 1.44 bits per heavy atom. The third-order valence-corrected chi connectivity index (χ3v) is 4.44. The zero-order chi connectivity index (χ0) is 11.4. The Balaban J connectivity index is 2.22. The highest BCUT2D eigenvalue weighted by molar-refractivity contribution is 8.00. The maximum absolute atomic E-state index is 9.22. The summed E-state index contributed by atoms with van der Waals surface area (Å²) in [5.41, 5.74) is 0.825. The summed E-state index contributed by atoms with van der Waals surface area (Å²) in [5, 5.41) is 9.74. The van der Waals surface area contributed by atoms with Crippen molar-refractivity contribution >= 4 is 23.5 Å². The van der Waals surface area contributed by atoms with E-state index in [0.29, 0.717) is 5.25 Å². The minimum atomic E-state index is 0.522. The molecule has 1 aromatic rings. The van der Waals surface area contributed by atoms with Gasteiger partial charge in [-0.2, -0.15) is 5.26 Å². The first-order chi connectivity index (χ1) is 7.85. The van der Waals surface area contributed by atoms with Crippen molar-refractivity contribution in [1.82, 2.24) is 0 Å². The lowest BCUT2D eigenvalue weighted by Crippen LogP contribution is -2.30. The Morgan fingerprint density at radius 2 is 2.19 bits per heavy atom. The largest absolute Gasteiger partial charge is 0.379 e. The van der Waals surface area contributed by atoms with E-state index in [0.717, 1.165) is 34.3 Å². The highest BCUT2D eigenvalue weighted by atomic mass is 32.2. The van der Waals surface area contributed by atoms with Gasteiger partial charge in [-0.05, 0) is 17.9 Å². The van der Waals surface area contributed by atoms with Crippen molar-refractivity contribution in [3.63, 3.8) is 0 Å². The highest BCUT2D eigenvalue weighted by Crippen LogP contribution is 2.34. The summed E-state index contributed by atoms with van der Waals surface area (Å²) in [6.45, 7) is 3.72. The molecule has 0 atom stereocenters. The molecule has 84 valence electrons. The molecule has 2 rings (SSSR count). The van der Waals surface area contributed by atoms with Gasteiger partial charge in [0, 0.05) is 9.79 Å². The molecule has 16 heavy (non-hydrogen) atoms. The Hall–Kier alpha value is -0.630. The van der Waals surface area contributed by atoms with Crippen LogP contribution in [0.25, 0.3) is 0 Å². The van der Waals surface area contributed by atoms with E-state index in [-0.39, 0.29) is 0 Å². The lowest BCUT2D eigenvalue weighted by atomic mass is 10.2. The molecule has 0 amide bonds. The molecule has 1 fully saturated rings. The van der Waals surface area contributed by atoms with Crippen molar-refractivity contribution in [3.05, 3.63) is 23.8 Å². The fourth-order valence-corrected chi connectivity index (χ4v) is 3.43. The molecule has 1 heterocycles. The summed E-state index contributed by atoms with van der Waals surface area (Å²) in [6, 6.07) is 8.40. The van der Waals surface area contributed by atoms with Crippen LogP contribution in [0.1, 0.15) is 12.5 Å². The molecule has 1 aliphatic heterocycles. The Kier molecular flexibility index (Phi) is 4.16. The van der Waals surface area contributed by atoms with Crippen LogP contribution in [0.3, 0.4) is 0 Å². The summed E-state index contributed by atoms with van der Waals surface area (Å²) in [7, 11) is 0. The van der Waals surface area contributed by atoms with Crippen molar-refractivity contribution in [3.8, 4) is 6.07 Å². The summed E-state index contributed by atoms with van der Waals surface area (Å²) < 4.78 is 5.15. The number of hydrogen-bond donors (Lipinski definition) is 0. The van der Waals surface area contributed by atoms with E-state index in [1.54, 1.807) is 23.5 Å². The monoisotopic (exact) mass is 251 g/mol. The Bertz CT molecular complexity index is 410. The molecular weight excluding hydrogens is 238 g/mol. The van der Waals surface area contributed by atoms with Crippen molar-refractivity contribution < 1.29 is 4.74 Å². The number of nitriles is 1. The van der Waals surface area contributed by atoms with Crippen LogP contribution >= 0.6 is 23.5 Å². The first kappa shape index (κ1) is 11.8. The first-order valence-corrected chi connectivity index (χ1v) is 7.12. The van der Waals surface area contributed by atoms with Crippen LogP contribution in [-0.2, 0) is 4.74 Å². The van der Waals surface area contributed by atoms with Gasteiger partial charge in [0.05, 0.1) is 24.0 Å². The van der Waals surface area contributed by atoms with Crippen LogP contribution in [-0.4, -0.2) is 24.2 Å². The van der Waals surface area contributed by atoms with Crippen LogP contribution in [0, 0.1) is 11.3 Å². The molecule has 0 aliphatic carbocycles. The van der Waals surface area contributed by atoms with Crippen molar-refractivity contribution in [1.29, 1.82) is 5.26 Å². The third kappa shape index (κ3) is 2.54. The molecule has 1 aromatic carbocycles. The highest BCUT2D eigenvalue weighted by Gasteiger charge is 2.21. The van der Waals surface area contributed by atoms with Crippen molar-refractivity contribution in [2.24, 2.45) is 0 Å². The second-order valence-corrected chi connectivity index (χ2v) is 6.10. The van der Waals surface area contributed by atoms with E-state index in [9.17, 15) is 5.26 Å². The van der Waals surface area contributed by atoms with Gasteiger partial charge in [-0.1, -0.05) is 13.0 Å². The predicted octanol–water partition coefficient (Wildman–Crippen LogP) is 3.16. The molecule has 1 aliphatic rings. The molecule has 0 spiro atoms. The van der Waals surface area contributed by atoms with Crippen LogP contribution in [0.2, 0.25) is 0 Å². The molecule has 0 aromatic heterocycles. The molecule has 1 saturated heterocycles. The van der Waals surface area contributed by atoms with Crippen molar-refractivity contribution in [2.75, 3.05) is 19.0 Å². The topological polar surface area (TPSA) is 33.0 Å². The summed E-state index contributed by atoms with van der Waals surface area (Å²) in [4.78, 5) is 2.18. The van der Waals surface area contributed by atoms with E-state index >= 15 is 0 Å². The van der Waals surface area contributed by atoms with Gasteiger partial charge in [0.1, 0.15) is 6.07 Å². The molecule has 0 saturated carbocycles. The predicted molar refractivity (Wildman–Crippen MR) is 68.0 cm³/mol. The fraction of sp³-hybridized carbons (Fsp3) is 0.417. The third-order valence-electron chi connectivity index (χ3n) is 2.30. The molecule has 0 unspecified atom stereocenters. The van der Waals surface area contributed by atoms with Gasteiger partial charge in [-0.3, -0.25) is 0 Å². The minimum Gasteiger partial charge on any atom is -0.379 e. The lowest BCUT2D eigenvalue weighted by Gasteiger charge is -2.25. The van der Waals surface area contributed by atoms with Crippen molar-refractivity contribution in [2.45, 2.75) is 22.0 Å². The second kappa shape index (κ2) is 5.62. The summed E-state index contributed by atoms with van der Waals surface area (Å²) in [5.74, 6) is 0.995. The van der Waals surface area contributed by atoms with Gasteiger partial charge in [0.2, 0.25) is 0 Å². The lowest BCUT2D eigenvalue weighted by molar-refractivity contribution is 0.0455. The van der Waals surface area contributed by atoms with E-state index in [4.69, 9.17) is 4.74 Å². The molecule has 0 bridgehead atoms. The van der Waals surface area contributed by atoms with Gasteiger partial charge in [-0.15, -0.1) is 23.5 Å². The summed E-state index contributed by atoms with van der Waals surface area (Å²) in [6.07, 6.45) is 0. The smallest absolute Gasteiger partial charge is 0.101 e. The number of ether oxygens (including phenoxy) is 1. The quantitative estimate of drug-likeness (QED) is 0.770. The normalized spacial score (nSPS) is 15.5. The maximum atomic E-state index is 9.22. The van der Waals surface area contributed by atoms with E-state index in [2.05, 4.69) is 13.0 Å². The number of hydrogen-bond acceptors (Lipinski definition) is 4. The first-order valence-electron chi connectivity index (χ1n) is 5.25. The molecule has 2 nitrogen and oxygen atoms in total. The zero-order valence-corrected chi connectivity index (χ0v) is 10.7. The standard InChI is InChI=1S/C12H13NOS2/c1-2-15-11-4-3-5-12(10(11)6-13)16-9-7-14-8-9/h3-5,9H,2,7-8H2,1H3. The SMILES string of the molecule is CCSc1cccc(SC2COC2)c1C#N. The average molecular weight is 251 g/mol. The second-order valence-electron chi connectivity index (χ2n) is 3.45. The van der Waals surface area contributed by atoms with E-state index in [1.165, 1.54) is 0 Å². The van der Waals surface area contributed by atoms with Crippen LogP contribution in [0.15, 0.2) is 28.0 Å². The Morgan fingerprint density at radius 3 is 2.75 bits per heavy atom. The zero-order valence-electron chi connectivity index (χ0n) is 9.10. The Labute approximate surface area is 104 Å². The summed E-state index contributed by atoms with van der Waals surface area (Å²) >= 11 is 3.49. The van der Waals surface area contributed by atoms with Gasteiger partial charge in [0.15, 0.2) is 0 Å². The van der Waals surface area contributed by atoms with Gasteiger partial charge in [-0.25, -0.2) is 0 Å². The molecule has 4 heteroatoms. The average Bonchev–Trinajstić information content (AvgIpc) is 2.24. The maximum Gasteiger partial charge on any atom is 0.101 e. The fourth-order valence-electron chi connectivity index (χ4n) is 1.46. The molecule has 0 N–H and O–H groups in total. The van der Waals surface area contributed by atoms with E-state index < -0.39 is 0 Å². The van der Waals surface area contributed by atoms with Crippen LogP contribution in [0.4, 0.5) is 0 Å². The number of thioether (sulfide) groups is 2.